The van der Waals surface area contributed by atoms with Crippen LogP contribution in [0.5, 0.6) is 23.0 Å². The summed E-state index contributed by atoms with van der Waals surface area (Å²) in [6, 6.07) is 18.8. The average Bonchev–Trinajstić information content (AvgIpc) is 3.09. The van der Waals surface area contributed by atoms with Gasteiger partial charge in [0.2, 0.25) is 0 Å². The van der Waals surface area contributed by atoms with Crippen molar-refractivity contribution >= 4 is 11.9 Å². The lowest BCUT2D eigenvalue weighted by Gasteiger charge is -2.23. The molecule has 4 aromatic carbocycles. The number of hydrogen-bond donors (Lipinski definition) is 2. The molecule has 1 aliphatic carbocycles. The molecule has 0 unspecified atom stereocenters. The highest BCUT2D eigenvalue weighted by molar-refractivity contribution is 5.89. The van der Waals surface area contributed by atoms with Gasteiger partial charge in [-0.3, -0.25) is 0 Å². The van der Waals surface area contributed by atoms with Gasteiger partial charge in [-0.05, 0) is 94.5 Å². The lowest BCUT2D eigenvalue weighted by Crippen LogP contribution is -2.12. The van der Waals surface area contributed by atoms with E-state index in [-0.39, 0.29) is 11.1 Å². The Labute approximate surface area is 295 Å². The molecule has 0 spiro atoms. The monoisotopic (exact) mass is 680 g/mol. The number of fused-ring (bicyclic) bond motifs is 8. The van der Waals surface area contributed by atoms with E-state index < -0.39 is 11.9 Å². The van der Waals surface area contributed by atoms with Crippen LogP contribution in [0.2, 0.25) is 0 Å². The molecule has 0 radical (unpaired) electrons. The molecule has 264 valence electrons. The maximum atomic E-state index is 12.5. The average molecular weight is 681 g/mol. The van der Waals surface area contributed by atoms with Crippen LogP contribution < -0.4 is 18.9 Å². The van der Waals surface area contributed by atoms with Gasteiger partial charge < -0.3 is 29.2 Å². The highest BCUT2D eigenvalue weighted by Crippen LogP contribution is 2.40. The van der Waals surface area contributed by atoms with Crippen molar-refractivity contribution < 1.29 is 38.7 Å². The molecule has 0 amide bonds. The van der Waals surface area contributed by atoms with Crippen LogP contribution in [0.25, 0.3) is 0 Å². The molecule has 0 saturated carbocycles. The van der Waals surface area contributed by atoms with E-state index in [1.165, 1.54) is 0 Å². The molecule has 0 heterocycles. The third-order valence-corrected chi connectivity index (χ3v) is 8.66. The minimum Gasteiger partial charge on any atom is -0.493 e. The van der Waals surface area contributed by atoms with Gasteiger partial charge in [-0.1, -0.05) is 64.1 Å². The molecule has 1 aliphatic rings. The van der Waals surface area contributed by atoms with Crippen LogP contribution in [0, 0.1) is 0 Å². The quantitative estimate of drug-likeness (QED) is 0.120. The van der Waals surface area contributed by atoms with Gasteiger partial charge in [-0.15, -0.1) is 0 Å². The summed E-state index contributed by atoms with van der Waals surface area (Å²) in [6.45, 7) is 10.1. The fraction of sp³-hybridized carbons (Fsp3) is 0.381. The van der Waals surface area contributed by atoms with Crippen LogP contribution in [-0.4, -0.2) is 48.6 Å². The van der Waals surface area contributed by atoms with Crippen molar-refractivity contribution in [2.24, 2.45) is 0 Å². The van der Waals surface area contributed by atoms with Crippen LogP contribution in [-0.2, 0) is 25.7 Å². The standard InChI is InChI=1S/C42H48O8/c1-5-15-47-37-27-11-9-12-28(37)20-32-24-36(42(45)46)26-34(40(32)50-18-8-4)22-30-14-10-13-29(38(30)48-16-6-2)21-33-25-35(41(43)44)23-31(19-27)39(33)49-17-7-3/h9-14,23-26H,5-8,15-22H2,1-4H3,(H,43,44)(H,45,46). The molecule has 2 N–H and O–H groups in total. The first kappa shape index (κ1) is 36.3. The number of ether oxygens (including phenoxy) is 4. The number of carbonyl (C=O) groups is 2. The maximum absolute atomic E-state index is 12.5. The summed E-state index contributed by atoms with van der Waals surface area (Å²) in [5.41, 5.74) is 6.95. The largest absolute Gasteiger partial charge is 0.493 e. The van der Waals surface area contributed by atoms with E-state index in [1.807, 2.05) is 64.1 Å². The Hall–Kier alpha value is -4.98. The van der Waals surface area contributed by atoms with Crippen molar-refractivity contribution in [2.45, 2.75) is 79.1 Å². The van der Waals surface area contributed by atoms with E-state index >= 15 is 0 Å². The molecule has 4 aromatic rings. The summed E-state index contributed by atoms with van der Waals surface area (Å²) < 4.78 is 25.8. The zero-order valence-electron chi connectivity index (χ0n) is 29.6. The van der Waals surface area contributed by atoms with Crippen molar-refractivity contribution in [3.8, 4) is 23.0 Å². The predicted octanol–water partition coefficient (Wildman–Crippen LogP) is 8.91. The number of carboxylic acids is 2. The molecule has 0 saturated heterocycles. The molecular weight excluding hydrogens is 632 g/mol. The van der Waals surface area contributed by atoms with Crippen LogP contribution in [0.4, 0.5) is 0 Å². The maximum Gasteiger partial charge on any atom is 0.335 e. The topological polar surface area (TPSA) is 112 Å². The molecule has 8 nitrogen and oxygen atoms in total. The first-order chi connectivity index (χ1) is 24.3. The van der Waals surface area contributed by atoms with Gasteiger partial charge >= 0.3 is 11.9 Å². The fourth-order valence-corrected chi connectivity index (χ4v) is 6.49. The molecular formula is C42H48O8. The zero-order valence-corrected chi connectivity index (χ0v) is 29.6. The second-order valence-electron chi connectivity index (χ2n) is 12.8. The van der Waals surface area contributed by atoms with E-state index in [4.69, 9.17) is 18.9 Å². The summed E-state index contributed by atoms with van der Waals surface area (Å²) in [5, 5.41) is 20.5. The second kappa shape index (κ2) is 17.1. The number of benzene rings is 4. The Morgan fingerprint density at radius 3 is 0.920 bits per heavy atom. The molecule has 5 rings (SSSR count). The van der Waals surface area contributed by atoms with Gasteiger partial charge in [0, 0.05) is 25.7 Å². The van der Waals surface area contributed by atoms with Gasteiger partial charge in [0.15, 0.2) is 0 Å². The first-order valence-electron chi connectivity index (χ1n) is 17.8. The van der Waals surface area contributed by atoms with Crippen molar-refractivity contribution in [3.63, 3.8) is 0 Å². The summed E-state index contributed by atoms with van der Waals surface area (Å²) in [4.78, 5) is 25.1. The van der Waals surface area contributed by atoms with Crippen molar-refractivity contribution in [3.05, 3.63) is 116 Å². The number of aromatic carboxylic acids is 2. The van der Waals surface area contributed by atoms with Gasteiger partial charge in [-0.2, -0.15) is 0 Å². The predicted molar refractivity (Wildman–Crippen MR) is 194 cm³/mol. The number of rotatable bonds is 14. The second-order valence-corrected chi connectivity index (χ2v) is 12.8. The van der Waals surface area contributed by atoms with Crippen molar-refractivity contribution in [1.29, 1.82) is 0 Å². The molecule has 0 aliphatic heterocycles. The minimum absolute atomic E-state index is 0.188. The Bertz CT molecular complexity index is 1600. The number of carboxylic acid groups (broad SMARTS) is 2. The van der Waals surface area contributed by atoms with Crippen molar-refractivity contribution in [1.82, 2.24) is 0 Å². The summed E-state index contributed by atoms with van der Waals surface area (Å²) in [6.07, 6.45) is 4.66. The van der Waals surface area contributed by atoms with Crippen molar-refractivity contribution in [2.75, 3.05) is 26.4 Å². The minimum atomic E-state index is -1.01. The van der Waals surface area contributed by atoms with E-state index in [2.05, 4.69) is 0 Å². The summed E-state index contributed by atoms with van der Waals surface area (Å²) in [5.74, 6) is 0.736. The third kappa shape index (κ3) is 8.41. The molecule has 0 atom stereocenters. The lowest BCUT2D eigenvalue weighted by molar-refractivity contribution is 0.0685. The van der Waals surface area contributed by atoms with E-state index in [0.717, 1.165) is 70.2 Å². The third-order valence-electron chi connectivity index (χ3n) is 8.66. The molecule has 0 fully saturated rings. The smallest absolute Gasteiger partial charge is 0.335 e. The first-order valence-corrected chi connectivity index (χ1v) is 17.8. The van der Waals surface area contributed by atoms with Gasteiger partial charge in [0.25, 0.3) is 0 Å². The highest BCUT2D eigenvalue weighted by Gasteiger charge is 2.24. The SMILES string of the molecule is CCCOc1c2cccc1Cc1cc(C(=O)O)cc(c1OCCC)Cc1cccc(c1OCCC)Cc1cc(C(=O)O)cc(c1OCCC)C2. The summed E-state index contributed by atoms with van der Waals surface area (Å²) in [7, 11) is 0. The molecule has 8 bridgehead atoms. The van der Waals surface area contributed by atoms with E-state index in [9.17, 15) is 19.8 Å². The van der Waals surface area contributed by atoms with Crippen LogP contribution in [0.3, 0.4) is 0 Å². The Kier molecular flexibility index (Phi) is 12.4. The Balaban J connectivity index is 1.85. The normalized spacial score (nSPS) is 12.2. The fourth-order valence-electron chi connectivity index (χ4n) is 6.49. The van der Waals surface area contributed by atoms with Gasteiger partial charge in [0.1, 0.15) is 23.0 Å². The van der Waals surface area contributed by atoms with E-state index in [0.29, 0.717) is 75.1 Å². The van der Waals surface area contributed by atoms with Crippen LogP contribution in [0.15, 0.2) is 60.7 Å². The van der Waals surface area contributed by atoms with Gasteiger partial charge in [0.05, 0.1) is 37.6 Å². The highest BCUT2D eigenvalue weighted by atomic mass is 16.5. The van der Waals surface area contributed by atoms with E-state index in [1.54, 1.807) is 24.3 Å². The number of hydrogen-bond acceptors (Lipinski definition) is 6. The Morgan fingerprint density at radius 2 is 0.700 bits per heavy atom. The molecule has 8 heteroatoms. The van der Waals surface area contributed by atoms with Crippen LogP contribution in [0.1, 0.15) is 119 Å². The zero-order chi connectivity index (χ0) is 35.6. The molecule has 50 heavy (non-hydrogen) atoms. The Morgan fingerprint density at radius 1 is 0.460 bits per heavy atom. The molecule has 0 aromatic heterocycles. The lowest BCUT2D eigenvalue weighted by atomic mass is 9.89. The van der Waals surface area contributed by atoms with Crippen LogP contribution >= 0.6 is 0 Å². The number of para-hydroxylation sites is 2. The van der Waals surface area contributed by atoms with Gasteiger partial charge in [-0.25, -0.2) is 9.59 Å². The summed E-state index contributed by atoms with van der Waals surface area (Å²) >= 11 is 0.